The molecule has 0 aliphatic heterocycles. The van der Waals surface area contributed by atoms with Gasteiger partial charge < -0.3 is 19.1 Å². The molecule has 0 aliphatic carbocycles. The maximum atomic E-state index is 11.7. The van der Waals surface area contributed by atoms with Crippen LogP contribution in [0, 0.1) is 11.8 Å². The monoisotopic (exact) mass is 1100 g/mol. The molecule has 0 aliphatic rings. The lowest BCUT2D eigenvalue weighted by atomic mass is 9.96. The fourth-order valence-electron chi connectivity index (χ4n) is 9.56. The van der Waals surface area contributed by atoms with E-state index in [9.17, 15) is 14.4 Å². The lowest BCUT2D eigenvalue weighted by Gasteiger charge is -2.30. The molecule has 0 saturated heterocycles. The molecule has 0 heterocycles. The van der Waals surface area contributed by atoms with Gasteiger partial charge in [0.2, 0.25) is 0 Å². The second-order valence-electron chi connectivity index (χ2n) is 22.4. The Bertz CT molecular complexity index is 1700. The SMILES string of the molecule is C=C(C)C(=O)OCCN(CC(CC)CCCC)CC(CC)CCCC.C=C(C)C(=O)OCCN(CCCCCCCCCCCC)CCCCCCCCCCCC.C=C(C)C(=O)OCCN(c1ccccc1)c1ccccc1. The molecule has 79 heavy (non-hydrogen) atoms. The van der Waals surface area contributed by atoms with Crippen LogP contribution in [-0.4, -0.2) is 93.3 Å². The average Bonchev–Trinajstić information content (AvgIpc) is 3.45. The van der Waals surface area contributed by atoms with Gasteiger partial charge in [-0.1, -0.05) is 252 Å². The number of para-hydroxylation sites is 2. The van der Waals surface area contributed by atoms with Gasteiger partial charge in [0, 0.05) is 54.3 Å². The van der Waals surface area contributed by atoms with E-state index in [4.69, 9.17) is 14.2 Å². The fourth-order valence-corrected chi connectivity index (χ4v) is 9.56. The molecule has 2 atom stereocenters. The Labute approximate surface area is 487 Å². The van der Waals surface area contributed by atoms with Gasteiger partial charge in [-0.15, -0.1) is 0 Å². The van der Waals surface area contributed by atoms with Crippen molar-refractivity contribution < 1.29 is 28.6 Å². The Balaban J connectivity index is 0.00000119. The van der Waals surface area contributed by atoms with E-state index in [2.05, 4.69) is 76.0 Å². The van der Waals surface area contributed by atoms with Gasteiger partial charge in [-0.3, -0.25) is 9.80 Å². The molecule has 0 saturated carbocycles. The van der Waals surface area contributed by atoms with Crippen LogP contribution in [0.2, 0.25) is 0 Å². The van der Waals surface area contributed by atoms with Crippen molar-refractivity contribution in [1.82, 2.24) is 9.80 Å². The van der Waals surface area contributed by atoms with Crippen LogP contribution in [0.5, 0.6) is 0 Å². The fraction of sp³-hybridized carbons (Fsp3) is 0.700. The molecule has 452 valence electrons. The molecule has 0 bridgehead atoms. The highest BCUT2D eigenvalue weighted by atomic mass is 16.5. The van der Waals surface area contributed by atoms with Gasteiger partial charge in [0.15, 0.2) is 0 Å². The van der Waals surface area contributed by atoms with E-state index in [1.807, 2.05) is 60.7 Å². The maximum Gasteiger partial charge on any atom is 0.333 e. The van der Waals surface area contributed by atoms with E-state index in [-0.39, 0.29) is 17.9 Å². The second-order valence-corrected chi connectivity index (χ2v) is 22.4. The first-order valence-corrected chi connectivity index (χ1v) is 32.1. The molecular weight excluding hydrogens is 979 g/mol. The largest absolute Gasteiger partial charge is 0.461 e. The predicted molar refractivity (Wildman–Crippen MR) is 340 cm³/mol. The van der Waals surface area contributed by atoms with Crippen molar-refractivity contribution >= 4 is 29.3 Å². The summed E-state index contributed by atoms with van der Waals surface area (Å²) < 4.78 is 15.9. The minimum atomic E-state index is -0.351. The quantitative estimate of drug-likeness (QED) is 0.0278. The molecular formula is C70H121N3O6. The van der Waals surface area contributed by atoms with Gasteiger partial charge in [0.25, 0.3) is 0 Å². The Morgan fingerprint density at radius 1 is 0.380 bits per heavy atom. The first-order valence-electron chi connectivity index (χ1n) is 32.1. The number of anilines is 2. The highest BCUT2D eigenvalue weighted by Gasteiger charge is 2.18. The summed E-state index contributed by atoms with van der Waals surface area (Å²) in [5, 5.41) is 0. The summed E-state index contributed by atoms with van der Waals surface area (Å²) >= 11 is 0. The Hall–Kier alpha value is -4.21. The second kappa shape index (κ2) is 53.1. The van der Waals surface area contributed by atoms with E-state index < -0.39 is 0 Å². The smallest absolute Gasteiger partial charge is 0.333 e. The Morgan fingerprint density at radius 3 is 0.975 bits per heavy atom. The molecule has 9 nitrogen and oxygen atoms in total. The van der Waals surface area contributed by atoms with Crippen LogP contribution in [0.3, 0.4) is 0 Å². The van der Waals surface area contributed by atoms with Gasteiger partial charge >= 0.3 is 17.9 Å². The van der Waals surface area contributed by atoms with E-state index >= 15 is 0 Å². The Kier molecular flexibility index (Phi) is 50.3. The zero-order valence-electron chi connectivity index (χ0n) is 52.7. The van der Waals surface area contributed by atoms with Crippen molar-refractivity contribution in [2.45, 2.75) is 242 Å². The molecule has 2 aromatic carbocycles. The lowest BCUT2D eigenvalue weighted by Crippen LogP contribution is -2.36. The summed E-state index contributed by atoms with van der Waals surface area (Å²) in [6.07, 6.45) is 37.7. The molecule has 0 spiro atoms. The molecule has 0 radical (unpaired) electrons. The summed E-state index contributed by atoms with van der Waals surface area (Å²) in [7, 11) is 0. The number of rotatable bonds is 48. The third kappa shape index (κ3) is 43.2. The predicted octanol–water partition coefficient (Wildman–Crippen LogP) is 19.0. The zero-order valence-corrected chi connectivity index (χ0v) is 52.7. The van der Waals surface area contributed by atoms with E-state index in [1.54, 1.807) is 20.8 Å². The van der Waals surface area contributed by atoms with E-state index in [1.165, 1.54) is 180 Å². The van der Waals surface area contributed by atoms with Crippen LogP contribution >= 0.6 is 0 Å². The summed E-state index contributed by atoms with van der Waals surface area (Å²) in [6.45, 7) is 37.8. The van der Waals surface area contributed by atoms with Crippen molar-refractivity contribution in [2.24, 2.45) is 11.8 Å². The molecule has 2 rings (SSSR count). The van der Waals surface area contributed by atoms with Crippen LogP contribution in [-0.2, 0) is 28.6 Å². The van der Waals surface area contributed by atoms with Gasteiger partial charge in [0.1, 0.15) is 19.8 Å². The number of benzene rings is 2. The first-order chi connectivity index (χ1) is 38.3. The average molecular weight is 1100 g/mol. The van der Waals surface area contributed by atoms with Crippen LogP contribution in [0.4, 0.5) is 11.4 Å². The molecule has 0 N–H and O–H groups in total. The van der Waals surface area contributed by atoms with Gasteiger partial charge in [-0.05, 0) is 95.6 Å². The number of unbranched alkanes of at least 4 members (excludes halogenated alkanes) is 20. The highest BCUT2D eigenvalue weighted by molar-refractivity contribution is 5.87. The first kappa shape index (κ1) is 74.8. The number of hydrogen-bond donors (Lipinski definition) is 0. The third-order valence-corrected chi connectivity index (χ3v) is 14.8. The van der Waals surface area contributed by atoms with Crippen molar-refractivity contribution in [2.75, 3.05) is 70.5 Å². The molecule has 9 heteroatoms. The van der Waals surface area contributed by atoms with Crippen molar-refractivity contribution in [3.63, 3.8) is 0 Å². The standard InChI is InChI=1S/C30H59NO2.C22H43NO2.C18H19NO2/c1-5-7-9-11-13-15-17-19-21-23-25-31(27-28-33-30(32)29(3)4)26-24-22-20-18-16-14-12-10-8-6-2;1-7-11-13-20(9-3)17-23(15-16-25-22(24)19(5)6)18-21(10-4)14-12-8-2;1-15(2)18(20)21-14-13-19(16-9-5-3-6-10-16)17-11-7-4-8-12-17/h3,5-28H2,1-2,4H3;20-21H,5,7-18H2,1-4,6H3;3-12H,1,13-14H2,2H3. The lowest BCUT2D eigenvalue weighted by molar-refractivity contribution is -0.140. The van der Waals surface area contributed by atoms with Crippen LogP contribution in [0.15, 0.2) is 97.1 Å². The molecule has 0 aromatic heterocycles. The minimum absolute atomic E-state index is 0.257. The molecule has 0 amide bonds. The Morgan fingerprint density at radius 2 is 0.671 bits per heavy atom. The highest BCUT2D eigenvalue weighted by Crippen LogP contribution is 2.25. The van der Waals surface area contributed by atoms with Crippen LogP contribution < -0.4 is 4.90 Å². The molecule has 0 fully saturated rings. The summed E-state index contributed by atoms with van der Waals surface area (Å²) in [5.41, 5.74) is 3.52. The minimum Gasteiger partial charge on any atom is -0.461 e. The van der Waals surface area contributed by atoms with Gasteiger partial charge in [-0.25, -0.2) is 14.4 Å². The number of carbonyl (C=O) groups is 3. The van der Waals surface area contributed by atoms with E-state index in [0.29, 0.717) is 43.1 Å². The third-order valence-electron chi connectivity index (χ3n) is 14.8. The molecule has 2 unspecified atom stereocenters. The van der Waals surface area contributed by atoms with Crippen molar-refractivity contribution in [3.8, 4) is 0 Å². The maximum absolute atomic E-state index is 11.7. The number of ether oxygens (including phenoxy) is 3. The number of hydrogen-bond acceptors (Lipinski definition) is 9. The van der Waals surface area contributed by atoms with Crippen LogP contribution in [0.1, 0.15) is 242 Å². The molecule has 2 aromatic rings. The number of esters is 3. The van der Waals surface area contributed by atoms with Crippen LogP contribution in [0.25, 0.3) is 0 Å². The summed E-state index contributed by atoms with van der Waals surface area (Å²) in [4.78, 5) is 41.9. The summed E-state index contributed by atoms with van der Waals surface area (Å²) in [5.74, 6) is 0.626. The summed E-state index contributed by atoms with van der Waals surface area (Å²) in [6, 6.07) is 20.1. The van der Waals surface area contributed by atoms with Gasteiger partial charge in [-0.2, -0.15) is 0 Å². The topological polar surface area (TPSA) is 88.6 Å². The zero-order chi connectivity index (χ0) is 58.6. The van der Waals surface area contributed by atoms with Gasteiger partial charge in [0.05, 0.1) is 6.54 Å². The normalized spacial score (nSPS) is 11.7. The number of carbonyl (C=O) groups excluding carboxylic acids is 3. The van der Waals surface area contributed by atoms with E-state index in [0.717, 1.165) is 62.5 Å². The van der Waals surface area contributed by atoms with Crippen molar-refractivity contribution in [3.05, 3.63) is 97.1 Å². The number of nitrogens with zero attached hydrogens (tertiary/aromatic N) is 3. The van der Waals surface area contributed by atoms with Crippen molar-refractivity contribution in [1.29, 1.82) is 0 Å².